The zero-order valence-corrected chi connectivity index (χ0v) is 16.8. The van der Waals surface area contributed by atoms with E-state index < -0.39 is 11.8 Å². The summed E-state index contributed by atoms with van der Waals surface area (Å²) in [6.45, 7) is 1.84. The van der Waals surface area contributed by atoms with Crippen molar-refractivity contribution in [1.29, 1.82) is 0 Å². The van der Waals surface area contributed by atoms with Gasteiger partial charge in [-0.1, -0.05) is 35.3 Å². The van der Waals surface area contributed by atoms with E-state index in [9.17, 15) is 14.4 Å². The van der Waals surface area contributed by atoms with E-state index in [0.29, 0.717) is 22.5 Å². The number of anilines is 1. The molecule has 0 saturated carbocycles. The molecule has 1 aromatic heterocycles. The summed E-state index contributed by atoms with van der Waals surface area (Å²) in [5, 5.41) is 3.52. The van der Waals surface area contributed by atoms with Gasteiger partial charge >= 0.3 is 0 Å². The molecule has 0 saturated heterocycles. The summed E-state index contributed by atoms with van der Waals surface area (Å²) in [5.74, 6) is -0.860. The van der Waals surface area contributed by atoms with Crippen molar-refractivity contribution in [2.45, 2.75) is 13.5 Å². The number of hydrogen-bond donors (Lipinski definition) is 3. The molecular formula is C19H17Cl2N5O3. The number of rotatable bonds is 6. The van der Waals surface area contributed by atoms with Crippen molar-refractivity contribution >= 4 is 51.9 Å². The largest absolute Gasteiger partial charge is 0.343 e. The molecule has 8 nitrogen and oxygen atoms in total. The van der Waals surface area contributed by atoms with E-state index in [1.807, 2.05) is 0 Å². The average Bonchev–Trinajstić information content (AvgIpc) is 2.70. The number of benzene rings is 2. The Balaban J connectivity index is 1.65. The molecule has 0 atom stereocenters. The third-order valence-electron chi connectivity index (χ3n) is 4.08. The topological polar surface area (TPSA) is 105 Å². The fourth-order valence-corrected chi connectivity index (χ4v) is 3.15. The minimum absolute atomic E-state index is 0.181. The quantitative estimate of drug-likeness (QED) is 0.518. The van der Waals surface area contributed by atoms with Crippen LogP contribution >= 0.6 is 23.2 Å². The van der Waals surface area contributed by atoms with Gasteiger partial charge in [0.2, 0.25) is 5.95 Å². The van der Waals surface area contributed by atoms with E-state index in [1.165, 1.54) is 22.8 Å². The normalized spacial score (nSPS) is 10.6. The minimum Gasteiger partial charge on any atom is -0.343 e. The van der Waals surface area contributed by atoms with E-state index in [4.69, 9.17) is 23.2 Å². The Bertz CT molecular complexity index is 1150. The van der Waals surface area contributed by atoms with Crippen molar-refractivity contribution in [1.82, 2.24) is 20.3 Å². The van der Waals surface area contributed by atoms with Gasteiger partial charge in [-0.2, -0.15) is 0 Å². The Morgan fingerprint density at radius 3 is 2.62 bits per heavy atom. The van der Waals surface area contributed by atoms with Gasteiger partial charge in [0, 0.05) is 11.6 Å². The fourth-order valence-electron chi connectivity index (χ4n) is 2.66. The van der Waals surface area contributed by atoms with E-state index >= 15 is 0 Å². The molecule has 3 N–H and O–H groups in total. The van der Waals surface area contributed by atoms with Gasteiger partial charge in [0.15, 0.2) is 0 Å². The molecular weight excluding hydrogens is 417 g/mol. The van der Waals surface area contributed by atoms with Crippen LogP contribution in [0, 0.1) is 0 Å². The smallest absolute Gasteiger partial charge is 0.262 e. The number of hydrazine groups is 1. The number of amides is 2. The van der Waals surface area contributed by atoms with Gasteiger partial charge in [-0.25, -0.2) is 4.98 Å². The van der Waals surface area contributed by atoms with Crippen LogP contribution in [0.4, 0.5) is 5.95 Å². The number of carbonyl (C=O) groups excluding carboxylic acids is 2. The predicted molar refractivity (Wildman–Crippen MR) is 112 cm³/mol. The maximum Gasteiger partial charge on any atom is 0.262 e. The lowest BCUT2D eigenvalue weighted by Gasteiger charge is -2.14. The number of halogens is 2. The third kappa shape index (κ3) is 4.67. The van der Waals surface area contributed by atoms with Gasteiger partial charge < -0.3 is 5.32 Å². The molecule has 0 aliphatic rings. The molecule has 29 heavy (non-hydrogen) atoms. The Morgan fingerprint density at radius 1 is 1.14 bits per heavy atom. The van der Waals surface area contributed by atoms with Crippen LogP contribution in [0.1, 0.15) is 17.3 Å². The molecule has 0 fully saturated rings. The van der Waals surface area contributed by atoms with Crippen molar-refractivity contribution < 1.29 is 9.59 Å². The molecule has 0 aliphatic heterocycles. The monoisotopic (exact) mass is 433 g/mol. The summed E-state index contributed by atoms with van der Waals surface area (Å²) in [4.78, 5) is 41.1. The molecule has 2 amide bonds. The molecule has 1 heterocycles. The number of nitrogens with one attached hydrogen (secondary N) is 3. The summed E-state index contributed by atoms with van der Waals surface area (Å²) < 4.78 is 1.40. The number of nitrogens with zero attached hydrogens (tertiary/aromatic N) is 2. The first-order chi connectivity index (χ1) is 13.9. The van der Waals surface area contributed by atoms with E-state index in [1.54, 1.807) is 31.2 Å². The second-order valence-electron chi connectivity index (χ2n) is 5.98. The lowest BCUT2D eigenvalue weighted by Crippen LogP contribution is -2.41. The van der Waals surface area contributed by atoms with Crippen LogP contribution in [-0.2, 0) is 11.3 Å². The Hall–Kier alpha value is -3.10. The second-order valence-corrected chi connectivity index (χ2v) is 6.83. The van der Waals surface area contributed by atoms with E-state index in [0.717, 1.165) is 0 Å². The molecule has 0 unspecified atom stereocenters. The van der Waals surface area contributed by atoms with Crippen molar-refractivity contribution in [3.63, 3.8) is 0 Å². The molecule has 0 spiro atoms. The molecule has 3 aromatic rings. The van der Waals surface area contributed by atoms with Crippen LogP contribution in [0.2, 0.25) is 10.0 Å². The van der Waals surface area contributed by atoms with Crippen molar-refractivity contribution in [2.24, 2.45) is 0 Å². The summed E-state index contributed by atoms with van der Waals surface area (Å²) in [5.41, 5.74) is 5.54. The van der Waals surface area contributed by atoms with Gasteiger partial charge in [-0.3, -0.25) is 29.8 Å². The third-order valence-corrected chi connectivity index (χ3v) is 4.62. The first-order valence-electron chi connectivity index (χ1n) is 8.68. The molecule has 0 aliphatic carbocycles. The number of carbonyl (C=O) groups is 2. The zero-order chi connectivity index (χ0) is 21.0. The number of para-hydroxylation sites is 1. The van der Waals surface area contributed by atoms with Crippen LogP contribution in [-0.4, -0.2) is 27.9 Å². The van der Waals surface area contributed by atoms with E-state index in [2.05, 4.69) is 21.2 Å². The predicted octanol–water partition coefficient (Wildman–Crippen LogP) is 2.60. The Labute approximate surface area is 175 Å². The fraction of sp³-hybridized carbons (Fsp3) is 0.158. The van der Waals surface area contributed by atoms with E-state index in [-0.39, 0.29) is 28.6 Å². The number of fused-ring (bicyclic) bond motifs is 1. The lowest BCUT2D eigenvalue weighted by molar-refractivity contribution is -0.119. The Kier molecular flexibility index (Phi) is 6.36. The van der Waals surface area contributed by atoms with Crippen LogP contribution in [0.25, 0.3) is 10.9 Å². The SMILES string of the molecule is CCn1c(NNC(=O)CNC(=O)c2ccc(Cl)cc2Cl)nc2ccccc2c1=O. The van der Waals surface area contributed by atoms with Crippen LogP contribution in [0.3, 0.4) is 0 Å². The number of hydrogen-bond acceptors (Lipinski definition) is 5. The van der Waals surface area contributed by atoms with Crippen LogP contribution in [0.5, 0.6) is 0 Å². The van der Waals surface area contributed by atoms with Gasteiger partial charge in [-0.15, -0.1) is 0 Å². The van der Waals surface area contributed by atoms with Crippen molar-refractivity contribution in [2.75, 3.05) is 12.0 Å². The van der Waals surface area contributed by atoms with Crippen molar-refractivity contribution in [3.8, 4) is 0 Å². The first-order valence-corrected chi connectivity index (χ1v) is 9.44. The lowest BCUT2D eigenvalue weighted by atomic mass is 10.2. The number of aromatic nitrogens is 2. The highest BCUT2D eigenvalue weighted by Gasteiger charge is 2.13. The van der Waals surface area contributed by atoms with Crippen molar-refractivity contribution in [3.05, 3.63) is 68.4 Å². The molecule has 10 heteroatoms. The van der Waals surface area contributed by atoms with Gasteiger partial charge in [0.05, 0.1) is 28.0 Å². The van der Waals surface area contributed by atoms with Gasteiger partial charge in [0.1, 0.15) is 0 Å². The Morgan fingerprint density at radius 2 is 1.90 bits per heavy atom. The molecule has 150 valence electrons. The molecule has 2 aromatic carbocycles. The summed E-state index contributed by atoms with van der Waals surface area (Å²) in [6.07, 6.45) is 0. The highest BCUT2D eigenvalue weighted by Crippen LogP contribution is 2.20. The maximum atomic E-state index is 12.5. The van der Waals surface area contributed by atoms with Crippen LogP contribution < -0.4 is 21.7 Å². The molecule has 0 radical (unpaired) electrons. The second kappa shape index (κ2) is 8.93. The molecule has 3 rings (SSSR count). The minimum atomic E-state index is -0.534. The summed E-state index contributed by atoms with van der Waals surface area (Å²) in [7, 11) is 0. The standard InChI is InChI=1S/C19H17Cl2N5O3/c1-2-26-18(29)13-5-3-4-6-15(13)23-19(26)25-24-16(27)10-22-17(28)12-8-7-11(20)9-14(12)21/h3-9H,2,10H2,1H3,(H,22,28)(H,23,25)(H,24,27). The summed E-state index contributed by atoms with van der Waals surface area (Å²) >= 11 is 11.8. The summed E-state index contributed by atoms with van der Waals surface area (Å²) in [6, 6.07) is 11.4. The first kappa shape index (κ1) is 20.6. The van der Waals surface area contributed by atoms with Gasteiger partial charge in [0.25, 0.3) is 17.4 Å². The maximum absolute atomic E-state index is 12.5. The van der Waals surface area contributed by atoms with Gasteiger partial charge in [-0.05, 0) is 37.3 Å². The zero-order valence-electron chi connectivity index (χ0n) is 15.3. The molecule has 0 bridgehead atoms. The van der Waals surface area contributed by atoms with Crippen LogP contribution in [0.15, 0.2) is 47.3 Å². The average molecular weight is 434 g/mol. The highest BCUT2D eigenvalue weighted by molar-refractivity contribution is 6.36. The highest BCUT2D eigenvalue weighted by atomic mass is 35.5.